The van der Waals surface area contributed by atoms with Crippen molar-refractivity contribution in [2.75, 3.05) is 7.05 Å². The van der Waals surface area contributed by atoms with Crippen molar-refractivity contribution < 1.29 is 4.92 Å². The summed E-state index contributed by atoms with van der Waals surface area (Å²) < 4.78 is 0. The van der Waals surface area contributed by atoms with E-state index in [1.807, 2.05) is 14.0 Å². The van der Waals surface area contributed by atoms with Crippen molar-refractivity contribution in [2.24, 2.45) is 5.92 Å². The van der Waals surface area contributed by atoms with Crippen molar-refractivity contribution in [1.82, 2.24) is 10.3 Å². The fraction of sp³-hybridized carbons (Fsp3) is 0.615. The Labute approximate surface area is 108 Å². The molecule has 0 aliphatic heterocycles. The summed E-state index contributed by atoms with van der Waals surface area (Å²) in [7, 11) is 1.88. The number of rotatable bonds is 6. The van der Waals surface area contributed by atoms with Gasteiger partial charge in [-0.1, -0.05) is 13.8 Å². The normalized spacial score (nSPS) is 12.7. The molecule has 0 aliphatic rings. The SMILES string of the molecule is CNC(Cc1nc(C)ccc1[N+](=O)[O-])CC(C)C. The molecule has 1 heterocycles. The van der Waals surface area contributed by atoms with Crippen LogP contribution in [0.1, 0.15) is 31.7 Å². The van der Waals surface area contributed by atoms with E-state index < -0.39 is 0 Å². The van der Waals surface area contributed by atoms with E-state index in [0.717, 1.165) is 12.1 Å². The van der Waals surface area contributed by atoms with Gasteiger partial charge >= 0.3 is 0 Å². The third-order valence-corrected chi connectivity index (χ3v) is 2.89. The fourth-order valence-corrected chi connectivity index (χ4v) is 2.03. The van der Waals surface area contributed by atoms with Crippen LogP contribution < -0.4 is 5.32 Å². The zero-order valence-electron chi connectivity index (χ0n) is 11.4. The summed E-state index contributed by atoms with van der Waals surface area (Å²) in [6, 6.07) is 3.44. The summed E-state index contributed by atoms with van der Waals surface area (Å²) in [5.74, 6) is 0.548. The van der Waals surface area contributed by atoms with E-state index in [0.29, 0.717) is 18.0 Å². The number of aryl methyl sites for hydroxylation is 1. The lowest BCUT2D eigenvalue weighted by Crippen LogP contribution is -2.29. The Morgan fingerprint density at radius 2 is 2.11 bits per heavy atom. The van der Waals surface area contributed by atoms with Gasteiger partial charge in [0.25, 0.3) is 5.69 Å². The van der Waals surface area contributed by atoms with Crippen LogP contribution in [0.5, 0.6) is 0 Å². The van der Waals surface area contributed by atoms with E-state index in [1.54, 1.807) is 12.1 Å². The highest BCUT2D eigenvalue weighted by Crippen LogP contribution is 2.20. The Morgan fingerprint density at radius 3 is 2.61 bits per heavy atom. The Morgan fingerprint density at radius 1 is 1.44 bits per heavy atom. The molecule has 1 unspecified atom stereocenters. The van der Waals surface area contributed by atoms with Gasteiger partial charge in [-0.05, 0) is 32.4 Å². The van der Waals surface area contributed by atoms with Crippen LogP contribution in [0, 0.1) is 23.0 Å². The van der Waals surface area contributed by atoms with Gasteiger partial charge in [-0.15, -0.1) is 0 Å². The maximum atomic E-state index is 11.0. The third kappa shape index (κ3) is 4.07. The zero-order chi connectivity index (χ0) is 13.7. The average molecular weight is 251 g/mol. The second-order valence-electron chi connectivity index (χ2n) is 4.99. The van der Waals surface area contributed by atoms with Gasteiger partial charge in [0, 0.05) is 24.2 Å². The molecule has 18 heavy (non-hydrogen) atoms. The largest absolute Gasteiger partial charge is 0.317 e. The van der Waals surface area contributed by atoms with E-state index in [1.165, 1.54) is 0 Å². The quantitative estimate of drug-likeness (QED) is 0.623. The maximum Gasteiger partial charge on any atom is 0.290 e. The van der Waals surface area contributed by atoms with E-state index in [9.17, 15) is 10.1 Å². The van der Waals surface area contributed by atoms with Crippen molar-refractivity contribution >= 4 is 5.69 Å². The number of nitrogens with one attached hydrogen (secondary N) is 1. The van der Waals surface area contributed by atoms with Crippen molar-refractivity contribution in [1.29, 1.82) is 0 Å². The molecule has 1 atom stereocenters. The van der Waals surface area contributed by atoms with Gasteiger partial charge in [-0.3, -0.25) is 15.1 Å². The molecule has 5 nitrogen and oxygen atoms in total. The summed E-state index contributed by atoms with van der Waals surface area (Å²) in [4.78, 5) is 14.9. The van der Waals surface area contributed by atoms with Gasteiger partial charge < -0.3 is 5.32 Å². The van der Waals surface area contributed by atoms with Crippen LogP contribution in [-0.4, -0.2) is 23.0 Å². The molecule has 1 rings (SSSR count). The monoisotopic (exact) mass is 251 g/mol. The molecule has 1 N–H and O–H groups in total. The molecule has 0 spiro atoms. The average Bonchev–Trinajstić information content (AvgIpc) is 2.27. The molecular formula is C13H21N3O2. The number of hydrogen-bond acceptors (Lipinski definition) is 4. The molecule has 0 saturated heterocycles. The number of aromatic nitrogens is 1. The number of nitrogens with zero attached hydrogens (tertiary/aromatic N) is 2. The van der Waals surface area contributed by atoms with E-state index in [2.05, 4.69) is 24.1 Å². The maximum absolute atomic E-state index is 11.0. The first-order valence-corrected chi connectivity index (χ1v) is 6.22. The first-order valence-electron chi connectivity index (χ1n) is 6.22. The Balaban J connectivity index is 2.93. The highest BCUT2D eigenvalue weighted by Gasteiger charge is 2.19. The highest BCUT2D eigenvalue weighted by molar-refractivity contribution is 5.36. The molecule has 0 bridgehead atoms. The number of hydrogen-bond donors (Lipinski definition) is 1. The topological polar surface area (TPSA) is 68.1 Å². The minimum Gasteiger partial charge on any atom is -0.317 e. The van der Waals surface area contributed by atoms with Crippen LogP contribution in [0.4, 0.5) is 5.69 Å². The van der Waals surface area contributed by atoms with Crippen LogP contribution in [0.3, 0.4) is 0 Å². The molecule has 0 amide bonds. The second-order valence-corrected chi connectivity index (χ2v) is 4.99. The first kappa shape index (κ1) is 14.6. The lowest BCUT2D eigenvalue weighted by Gasteiger charge is -2.18. The molecule has 0 radical (unpaired) electrons. The molecular weight excluding hydrogens is 230 g/mol. The van der Waals surface area contributed by atoms with Crippen LogP contribution in [-0.2, 0) is 6.42 Å². The molecule has 100 valence electrons. The lowest BCUT2D eigenvalue weighted by atomic mass is 9.99. The van der Waals surface area contributed by atoms with Gasteiger partial charge in [-0.25, -0.2) is 0 Å². The molecule has 0 aliphatic carbocycles. The van der Waals surface area contributed by atoms with Gasteiger partial charge in [0.05, 0.1) is 4.92 Å². The van der Waals surface area contributed by atoms with Crippen LogP contribution >= 0.6 is 0 Å². The van der Waals surface area contributed by atoms with Gasteiger partial charge in [0.1, 0.15) is 5.69 Å². The number of nitro groups is 1. The van der Waals surface area contributed by atoms with Crippen molar-refractivity contribution in [3.05, 3.63) is 33.6 Å². The van der Waals surface area contributed by atoms with Gasteiger partial charge in [0.2, 0.25) is 0 Å². The summed E-state index contributed by atoms with van der Waals surface area (Å²) in [5, 5.41) is 14.2. The lowest BCUT2D eigenvalue weighted by molar-refractivity contribution is -0.386. The zero-order valence-corrected chi connectivity index (χ0v) is 11.4. The van der Waals surface area contributed by atoms with Crippen LogP contribution in [0.15, 0.2) is 12.1 Å². The standard InChI is InChI=1S/C13H21N3O2/c1-9(2)7-11(14-4)8-12-13(16(17)18)6-5-10(3)15-12/h5-6,9,11,14H,7-8H2,1-4H3. The number of pyridine rings is 1. The van der Waals surface area contributed by atoms with Gasteiger partial charge in [-0.2, -0.15) is 0 Å². The fourth-order valence-electron chi connectivity index (χ4n) is 2.03. The van der Waals surface area contributed by atoms with Gasteiger partial charge in [0.15, 0.2) is 0 Å². The van der Waals surface area contributed by atoms with Crippen molar-refractivity contribution in [2.45, 2.75) is 39.7 Å². The molecule has 1 aromatic heterocycles. The smallest absolute Gasteiger partial charge is 0.290 e. The van der Waals surface area contributed by atoms with Crippen LogP contribution in [0.2, 0.25) is 0 Å². The second kappa shape index (κ2) is 6.44. The molecule has 0 aromatic carbocycles. The highest BCUT2D eigenvalue weighted by atomic mass is 16.6. The Bertz CT molecular complexity index is 419. The van der Waals surface area contributed by atoms with Crippen molar-refractivity contribution in [3.8, 4) is 0 Å². The summed E-state index contributed by atoms with van der Waals surface area (Å²) >= 11 is 0. The Hall–Kier alpha value is -1.49. The Kier molecular flexibility index (Phi) is 5.22. The minimum absolute atomic E-state index is 0.115. The van der Waals surface area contributed by atoms with E-state index in [-0.39, 0.29) is 16.7 Å². The van der Waals surface area contributed by atoms with Crippen LogP contribution in [0.25, 0.3) is 0 Å². The molecule has 1 aromatic rings. The predicted molar refractivity (Wildman–Crippen MR) is 71.6 cm³/mol. The molecule has 5 heteroatoms. The predicted octanol–water partition coefficient (Wildman–Crippen LogP) is 2.47. The summed E-state index contributed by atoms with van der Waals surface area (Å²) in [6.07, 6.45) is 1.57. The third-order valence-electron chi connectivity index (χ3n) is 2.89. The van der Waals surface area contributed by atoms with E-state index >= 15 is 0 Å². The first-order chi connectivity index (χ1) is 8.43. The van der Waals surface area contributed by atoms with Crippen molar-refractivity contribution in [3.63, 3.8) is 0 Å². The number of likely N-dealkylation sites (N-methyl/N-ethyl adjacent to an activating group) is 1. The van der Waals surface area contributed by atoms with E-state index in [4.69, 9.17) is 0 Å². The molecule has 0 saturated carbocycles. The summed E-state index contributed by atoms with van der Waals surface area (Å²) in [6.45, 7) is 6.13. The molecule has 0 fully saturated rings. The summed E-state index contributed by atoms with van der Waals surface area (Å²) in [5.41, 5.74) is 1.50. The minimum atomic E-state index is -0.357.